The molecule has 0 aromatic rings. The number of ether oxygens (including phenoxy) is 1. The first-order chi connectivity index (χ1) is 10.1. The summed E-state index contributed by atoms with van der Waals surface area (Å²) in [5, 5.41) is 2.78. The van der Waals surface area contributed by atoms with Gasteiger partial charge < -0.3 is 15.0 Å². The fourth-order valence-corrected chi connectivity index (χ4v) is 2.54. The standard InChI is InChI=1S/C17H32N2O3/c1-7-13(3)14(18-16(21)22-17(4,5)6)15(20)19-10-8-12(2)9-11-19/h12-14H,7-11H2,1-6H3,(H,18,21). The number of carbonyl (C=O) groups excluding carboxylic acids is 2. The van der Waals surface area contributed by atoms with Gasteiger partial charge in [0.1, 0.15) is 11.6 Å². The van der Waals surface area contributed by atoms with Crippen molar-refractivity contribution in [3.8, 4) is 0 Å². The molecule has 1 fully saturated rings. The molecule has 2 unspecified atom stereocenters. The van der Waals surface area contributed by atoms with Gasteiger partial charge in [0.15, 0.2) is 0 Å². The maximum Gasteiger partial charge on any atom is 0.408 e. The molecule has 0 saturated carbocycles. The first-order valence-electron chi connectivity index (χ1n) is 8.42. The third kappa shape index (κ3) is 5.85. The highest BCUT2D eigenvalue weighted by Crippen LogP contribution is 2.19. The Morgan fingerprint density at radius 2 is 1.82 bits per heavy atom. The van der Waals surface area contributed by atoms with Gasteiger partial charge in [-0.2, -0.15) is 0 Å². The maximum absolute atomic E-state index is 12.8. The molecule has 0 radical (unpaired) electrons. The summed E-state index contributed by atoms with van der Waals surface area (Å²) >= 11 is 0. The Morgan fingerprint density at radius 1 is 1.27 bits per heavy atom. The minimum atomic E-state index is -0.562. The van der Waals surface area contributed by atoms with E-state index in [4.69, 9.17) is 4.74 Å². The van der Waals surface area contributed by atoms with Crippen LogP contribution in [0.4, 0.5) is 4.79 Å². The second-order valence-electron chi connectivity index (χ2n) is 7.52. The highest BCUT2D eigenvalue weighted by molar-refractivity contribution is 5.86. The Bertz CT molecular complexity index is 382. The summed E-state index contributed by atoms with van der Waals surface area (Å²) in [6, 6.07) is -0.506. The van der Waals surface area contributed by atoms with Crippen LogP contribution in [-0.4, -0.2) is 41.6 Å². The van der Waals surface area contributed by atoms with Crippen LogP contribution < -0.4 is 5.32 Å². The summed E-state index contributed by atoms with van der Waals surface area (Å²) < 4.78 is 5.30. The van der Waals surface area contributed by atoms with Crippen molar-refractivity contribution in [2.75, 3.05) is 13.1 Å². The lowest BCUT2D eigenvalue weighted by molar-refractivity contribution is -0.136. The van der Waals surface area contributed by atoms with Crippen LogP contribution >= 0.6 is 0 Å². The molecule has 0 aromatic heterocycles. The van der Waals surface area contributed by atoms with Crippen molar-refractivity contribution >= 4 is 12.0 Å². The molecule has 1 aliphatic heterocycles. The van der Waals surface area contributed by atoms with Crippen LogP contribution in [0.5, 0.6) is 0 Å². The number of alkyl carbamates (subject to hydrolysis) is 1. The van der Waals surface area contributed by atoms with Crippen LogP contribution in [0.15, 0.2) is 0 Å². The molecule has 5 nitrogen and oxygen atoms in total. The Hall–Kier alpha value is -1.26. The van der Waals surface area contributed by atoms with Gasteiger partial charge in [0.05, 0.1) is 0 Å². The lowest BCUT2D eigenvalue weighted by atomic mass is 9.95. The monoisotopic (exact) mass is 312 g/mol. The van der Waals surface area contributed by atoms with Crippen molar-refractivity contribution in [1.29, 1.82) is 0 Å². The van der Waals surface area contributed by atoms with Crippen LogP contribution in [-0.2, 0) is 9.53 Å². The third-order valence-electron chi connectivity index (χ3n) is 4.25. The van der Waals surface area contributed by atoms with Crippen LogP contribution in [0, 0.1) is 11.8 Å². The van der Waals surface area contributed by atoms with Crippen molar-refractivity contribution in [1.82, 2.24) is 10.2 Å². The van der Waals surface area contributed by atoms with E-state index in [1.807, 2.05) is 39.5 Å². The summed E-state index contributed by atoms with van der Waals surface area (Å²) in [4.78, 5) is 26.7. The summed E-state index contributed by atoms with van der Waals surface area (Å²) in [5.41, 5.74) is -0.562. The van der Waals surface area contributed by atoms with E-state index in [2.05, 4.69) is 12.2 Å². The van der Waals surface area contributed by atoms with E-state index in [0.717, 1.165) is 32.4 Å². The highest BCUT2D eigenvalue weighted by Gasteiger charge is 2.32. The van der Waals surface area contributed by atoms with Gasteiger partial charge in [-0.15, -0.1) is 0 Å². The number of amides is 2. The number of nitrogens with zero attached hydrogens (tertiary/aromatic N) is 1. The minimum absolute atomic E-state index is 0.0205. The van der Waals surface area contributed by atoms with E-state index in [1.165, 1.54) is 0 Å². The lowest BCUT2D eigenvalue weighted by Gasteiger charge is -2.35. The van der Waals surface area contributed by atoms with Gasteiger partial charge in [-0.05, 0) is 45.4 Å². The Morgan fingerprint density at radius 3 is 2.27 bits per heavy atom. The normalized spacial score (nSPS) is 19.5. The molecule has 2 atom stereocenters. The molecule has 1 aliphatic rings. The average molecular weight is 312 g/mol. The molecule has 1 N–H and O–H groups in total. The van der Waals surface area contributed by atoms with Crippen LogP contribution in [0.3, 0.4) is 0 Å². The fraction of sp³-hybridized carbons (Fsp3) is 0.882. The summed E-state index contributed by atoms with van der Waals surface area (Å²) in [5.74, 6) is 0.774. The van der Waals surface area contributed by atoms with Gasteiger partial charge >= 0.3 is 6.09 Å². The molecule has 2 amide bonds. The van der Waals surface area contributed by atoms with E-state index >= 15 is 0 Å². The highest BCUT2D eigenvalue weighted by atomic mass is 16.6. The zero-order valence-corrected chi connectivity index (χ0v) is 14.9. The minimum Gasteiger partial charge on any atom is -0.444 e. The van der Waals surface area contributed by atoms with E-state index in [0.29, 0.717) is 5.92 Å². The zero-order valence-electron chi connectivity index (χ0n) is 14.9. The molecule has 0 spiro atoms. The first kappa shape index (κ1) is 18.8. The fourth-order valence-electron chi connectivity index (χ4n) is 2.54. The molecular formula is C17H32N2O3. The Labute approximate surface area is 134 Å². The topological polar surface area (TPSA) is 58.6 Å². The van der Waals surface area contributed by atoms with E-state index < -0.39 is 17.7 Å². The molecule has 1 rings (SSSR count). The van der Waals surface area contributed by atoms with Gasteiger partial charge in [0, 0.05) is 13.1 Å². The molecule has 1 saturated heterocycles. The number of hydrogen-bond donors (Lipinski definition) is 1. The maximum atomic E-state index is 12.8. The quantitative estimate of drug-likeness (QED) is 0.867. The second-order valence-corrected chi connectivity index (χ2v) is 7.52. The number of hydrogen-bond acceptors (Lipinski definition) is 3. The van der Waals surface area contributed by atoms with Crippen LogP contribution in [0.2, 0.25) is 0 Å². The van der Waals surface area contributed by atoms with Crippen LogP contribution in [0.25, 0.3) is 0 Å². The molecule has 0 bridgehead atoms. The van der Waals surface area contributed by atoms with Gasteiger partial charge in [-0.3, -0.25) is 4.79 Å². The number of likely N-dealkylation sites (tertiary alicyclic amines) is 1. The Balaban J connectivity index is 2.71. The predicted octanol–water partition coefficient (Wildman–Crippen LogP) is 3.18. The van der Waals surface area contributed by atoms with Crippen molar-refractivity contribution in [3.05, 3.63) is 0 Å². The second kappa shape index (κ2) is 7.84. The van der Waals surface area contributed by atoms with E-state index in [9.17, 15) is 9.59 Å². The third-order valence-corrected chi connectivity index (χ3v) is 4.25. The molecule has 0 aliphatic carbocycles. The number of nitrogens with one attached hydrogen (secondary N) is 1. The number of carbonyl (C=O) groups is 2. The molecule has 0 aromatic carbocycles. The summed E-state index contributed by atoms with van der Waals surface area (Å²) in [7, 11) is 0. The first-order valence-corrected chi connectivity index (χ1v) is 8.42. The van der Waals surface area contributed by atoms with Crippen molar-refractivity contribution in [3.63, 3.8) is 0 Å². The predicted molar refractivity (Wildman–Crippen MR) is 87.6 cm³/mol. The zero-order chi connectivity index (χ0) is 16.9. The van der Waals surface area contributed by atoms with Gasteiger partial charge in [0.25, 0.3) is 0 Å². The van der Waals surface area contributed by atoms with E-state index in [-0.39, 0.29) is 11.8 Å². The van der Waals surface area contributed by atoms with Crippen molar-refractivity contribution in [2.45, 2.75) is 72.4 Å². The SMILES string of the molecule is CCC(C)C(NC(=O)OC(C)(C)C)C(=O)N1CCC(C)CC1. The molecular weight excluding hydrogens is 280 g/mol. The largest absolute Gasteiger partial charge is 0.444 e. The average Bonchev–Trinajstić information content (AvgIpc) is 2.42. The Kier molecular flexibility index (Phi) is 6.69. The molecule has 5 heteroatoms. The summed E-state index contributed by atoms with van der Waals surface area (Å²) in [6.07, 6.45) is 2.38. The molecule has 1 heterocycles. The lowest BCUT2D eigenvalue weighted by Crippen LogP contribution is -2.54. The van der Waals surface area contributed by atoms with E-state index in [1.54, 1.807) is 0 Å². The number of rotatable bonds is 4. The van der Waals surface area contributed by atoms with Gasteiger partial charge in [-0.1, -0.05) is 27.2 Å². The van der Waals surface area contributed by atoms with Crippen molar-refractivity contribution in [2.24, 2.45) is 11.8 Å². The van der Waals surface area contributed by atoms with Crippen LogP contribution in [0.1, 0.15) is 60.8 Å². The molecule has 22 heavy (non-hydrogen) atoms. The smallest absolute Gasteiger partial charge is 0.408 e. The molecule has 128 valence electrons. The number of piperidine rings is 1. The summed E-state index contributed by atoms with van der Waals surface area (Å²) in [6.45, 7) is 13.3. The van der Waals surface area contributed by atoms with Crippen molar-refractivity contribution < 1.29 is 14.3 Å². The van der Waals surface area contributed by atoms with Gasteiger partial charge in [0.2, 0.25) is 5.91 Å². The van der Waals surface area contributed by atoms with Gasteiger partial charge in [-0.25, -0.2) is 4.79 Å².